The average Bonchev–Trinajstić information content (AvgIpc) is 2.51. The van der Waals surface area contributed by atoms with Crippen molar-refractivity contribution in [3.8, 4) is 0 Å². The Balaban J connectivity index is 1.94. The van der Waals surface area contributed by atoms with Gasteiger partial charge in [-0.1, -0.05) is 24.3 Å². The van der Waals surface area contributed by atoms with E-state index in [1.54, 1.807) is 5.56 Å². The van der Waals surface area contributed by atoms with Gasteiger partial charge in [-0.25, -0.2) is 0 Å². The lowest BCUT2D eigenvalue weighted by atomic mass is 10.0. The van der Waals surface area contributed by atoms with Crippen molar-refractivity contribution in [2.24, 2.45) is 0 Å². The Morgan fingerprint density at radius 2 is 1.94 bits per heavy atom. The third kappa shape index (κ3) is 3.23. The van der Waals surface area contributed by atoms with Crippen molar-refractivity contribution in [1.29, 1.82) is 0 Å². The van der Waals surface area contributed by atoms with Crippen LogP contribution in [0.25, 0.3) is 0 Å². The van der Waals surface area contributed by atoms with Gasteiger partial charge in [-0.15, -0.1) is 11.6 Å². The summed E-state index contributed by atoms with van der Waals surface area (Å²) in [5.74, 6) is 0.796. The zero-order valence-electron chi connectivity index (χ0n) is 9.79. The molecule has 0 spiro atoms. The zero-order chi connectivity index (χ0) is 11.2. The molecule has 0 fully saturated rings. The van der Waals surface area contributed by atoms with Gasteiger partial charge in [0.1, 0.15) is 0 Å². The Kier molecular flexibility index (Phi) is 4.68. The number of nitrogens with zero attached hydrogens (tertiary/aromatic N) is 1. The lowest BCUT2D eigenvalue weighted by Crippen LogP contribution is -2.24. The summed E-state index contributed by atoms with van der Waals surface area (Å²) in [4.78, 5) is 2.57. The number of hydrogen-bond acceptors (Lipinski definition) is 1. The molecule has 1 aliphatic heterocycles. The van der Waals surface area contributed by atoms with Crippen LogP contribution in [0.5, 0.6) is 0 Å². The van der Waals surface area contributed by atoms with Crippen molar-refractivity contribution < 1.29 is 0 Å². The Labute approximate surface area is 103 Å². The Hall–Kier alpha value is -0.530. The maximum atomic E-state index is 5.71. The van der Waals surface area contributed by atoms with Gasteiger partial charge in [0.2, 0.25) is 0 Å². The van der Waals surface area contributed by atoms with E-state index in [0.29, 0.717) is 0 Å². The predicted molar refractivity (Wildman–Crippen MR) is 70.0 cm³/mol. The Morgan fingerprint density at radius 1 is 1.12 bits per heavy atom. The second kappa shape index (κ2) is 6.27. The Bertz CT molecular complexity index is 324. The minimum atomic E-state index is 0.796. The minimum absolute atomic E-state index is 0.796. The molecule has 1 aromatic carbocycles. The van der Waals surface area contributed by atoms with Gasteiger partial charge < -0.3 is 0 Å². The van der Waals surface area contributed by atoms with Crippen molar-refractivity contribution in [2.45, 2.75) is 32.2 Å². The van der Waals surface area contributed by atoms with E-state index in [9.17, 15) is 0 Å². The van der Waals surface area contributed by atoms with Crippen molar-refractivity contribution in [3.05, 3.63) is 35.4 Å². The van der Waals surface area contributed by atoms with E-state index in [-0.39, 0.29) is 0 Å². The first-order chi connectivity index (χ1) is 7.90. The average molecular weight is 238 g/mol. The molecule has 16 heavy (non-hydrogen) atoms. The molecule has 0 N–H and O–H groups in total. The van der Waals surface area contributed by atoms with Crippen LogP contribution in [-0.2, 0) is 13.0 Å². The van der Waals surface area contributed by atoms with Crippen molar-refractivity contribution in [2.75, 3.05) is 19.0 Å². The van der Waals surface area contributed by atoms with E-state index in [1.807, 2.05) is 0 Å². The van der Waals surface area contributed by atoms with Gasteiger partial charge in [0.15, 0.2) is 0 Å². The smallest absolute Gasteiger partial charge is 0.0236 e. The van der Waals surface area contributed by atoms with Gasteiger partial charge in [-0.3, -0.25) is 4.90 Å². The summed E-state index contributed by atoms with van der Waals surface area (Å²) in [6, 6.07) is 8.86. The second-order valence-electron chi connectivity index (χ2n) is 4.54. The standard InChI is InChI=1S/C14H20ClN/c15-9-3-4-10-16-11-5-8-13-6-1-2-7-14(13)12-16/h1-2,6-7H,3-5,8-12H2. The van der Waals surface area contributed by atoms with Crippen LogP contribution < -0.4 is 0 Å². The highest BCUT2D eigenvalue weighted by Crippen LogP contribution is 2.18. The van der Waals surface area contributed by atoms with Crippen LogP contribution in [-0.4, -0.2) is 23.9 Å². The van der Waals surface area contributed by atoms with Gasteiger partial charge in [0.25, 0.3) is 0 Å². The lowest BCUT2D eigenvalue weighted by Gasteiger charge is -2.20. The fourth-order valence-corrected chi connectivity index (χ4v) is 2.58. The van der Waals surface area contributed by atoms with Crippen molar-refractivity contribution in [1.82, 2.24) is 4.90 Å². The molecule has 0 amide bonds. The molecule has 0 radical (unpaired) electrons. The monoisotopic (exact) mass is 237 g/mol. The fraction of sp³-hybridized carbons (Fsp3) is 0.571. The summed E-state index contributed by atoms with van der Waals surface area (Å²) in [6.45, 7) is 3.55. The van der Waals surface area contributed by atoms with Crippen molar-refractivity contribution >= 4 is 11.6 Å². The van der Waals surface area contributed by atoms with Gasteiger partial charge in [0.05, 0.1) is 0 Å². The number of rotatable bonds is 4. The SMILES string of the molecule is ClCCCCN1CCCc2ccccc2C1. The predicted octanol–water partition coefficient (Wildman–Crippen LogP) is 3.45. The van der Waals surface area contributed by atoms with Crippen LogP contribution in [0.15, 0.2) is 24.3 Å². The Morgan fingerprint density at radius 3 is 2.75 bits per heavy atom. The van der Waals surface area contributed by atoms with E-state index in [1.165, 1.54) is 37.9 Å². The van der Waals surface area contributed by atoms with E-state index in [0.717, 1.165) is 18.8 Å². The van der Waals surface area contributed by atoms with Gasteiger partial charge in [-0.2, -0.15) is 0 Å². The molecular formula is C14H20ClN. The maximum Gasteiger partial charge on any atom is 0.0236 e. The van der Waals surface area contributed by atoms with Crippen LogP contribution in [0.2, 0.25) is 0 Å². The first-order valence-corrected chi connectivity index (χ1v) is 6.78. The topological polar surface area (TPSA) is 3.24 Å². The first kappa shape index (κ1) is 11.9. The number of aryl methyl sites for hydroxylation is 1. The number of benzene rings is 1. The molecule has 0 bridgehead atoms. The summed E-state index contributed by atoms with van der Waals surface area (Å²) in [5, 5.41) is 0. The van der Waals surface area contributed by atoms with Gasteiger partial charge in [0, 0.05) is 12.4 Å². The van der Waals surface area contributed by atoms with Crippen LogP contribution in [0, 0.1) is 0 Å². The molecule has 1 heterocycles. The quantitative estimate of drug-likeness (QED) is 0.573. The molecule has 2 rings (SSSR count). The summed E-state index contributed by atoms with van der Waals surface area (Å²) >= 11 is 5.71. The molecule has 0 aliphatic carbocycles. The highest BCUT2D eigenvalue weighted by Gasteiger charge is 2.12. The van der Waals surface area contributed by atoms with Gasteiger partial charge in [-0.05, 0) is 49.9 Å². The molecule has 0 aromatic heterocycles. The molecule has 1 aromatic rings. The first-order valence-electron chi connectivity index (χ1n) is 6.25. The van der Waals surface area contributed by atoms with Crippen LogP contribution in [0.1, 0.15) is 30.4 Å². The van der Waals surface area contributed by atoms with Gasteiger partial charge >= 0.3 is 0 Å². The third-order valence-electron chi connectivity index (χ3n) is 3.29. The molecule has 0 unspecified atom stereocenters. The van der Waals surface area contributed by atoms with E-state index >= 15 is 0 Å². The largest absolute Gasteiger partial charge is 0.299 e. The van der Waals surface area contributed by atoms with E-state index < -0.39 is 0 Å². The molecule has 0 saturated carbocycles. The number of alkyl halides is 1. The number of fused-ring (bicyclic) bond motifs is 1. The number of unbranched alkanes of at least 4 members (excludes halogenated alkanes) is 1. The summed E-state index contributed by atoms with van der Waals surface area (Å²) in [6.07, 6.45) is 4.89. The molecule has 88 valence electrons. The van der Waals surface area contributed by atoms with E-state index in [4.69, 9.17) is 11.6 Å². The summed E-state index contributed by atoms with van der Waals surface area (Å²) < 4.78 is 0. The number of hydrogen-bond donors (Lipinski definition) is 0. The second-order valence-corrected chi connectivity index (χ2v) is 4.92. The fourth-order valence-electron chi connectivity index (χ4n) is 2.39. The van der Waals surface area contributed by atoms with Crippen LogP contribution >= 0.6 is 11.6 Å². The molecule has 2 heteroatoms. The maximum absolute atomic E-state index is 5.71. The highest BCUT2D eigenvalue weighted by molar-refractivity contribution is 6.17. The molecule has 0 saturated heterocycles. The normalized spacial score (nSPS) is 16.8. The van der Waals surface area contributed by atoms with Crippen molar-refractivity contribution in [3.63, 3.8) is 0 Å². The lowest BCUT2D eigenvalue weighted by molar-refractivity contribution is 0.265. The molecule has 0 atom stereocenters. The molecular weight excluding hydrogens is 218 g/mol. The molecule has 1 aliphatic rings. The highest BCUT2D eigenvalue weighted by atomic mass is 35.5. The summed E-state index contributed by atoms with van der Waals surface area (Å²) in [5.41, 5.74) is 3.06. The zero-order valence-corrected chi connectivity index (χ0v) is 10.5. The van der Waals surface area contributed by atoms with Crippen LogP contribution in [0.4, 0.5) is 0 Å². The minimum Gasteiger partial charge on any atom is -0.299 e. The van der Waals surface area contributed by atoms with Crippen LogP contribution in [0.3, 0.4) is 0 Å². The summed E-state index contributed by atoms with van der Waals surface area (Å²) in [7, 11) is 0. The number of halogens is 1. The van der Waals surface area contributed by atoms with E-state index in [2.05, 4.69) is 29.2 Å². The molecule has 1 nitrogen and oxygen atoms in total. The third-order valence-corrected chi connectivity index (χ3v) is 3.56.